The predicted octanol–water partition coefficient (Wildman–Crippen LogP) is 3.56. The lowest BCUT2D eigenvalue weighted by molar-refractivity contribution is 0.245. The molecule has 0 spiro atoms. The van der Waals surface area contributed by atoms with Gasteiger partial charge in [-0.1, -0.05) is 23.3 Å². The minimum atomic E-state index is 0.246. The molecule has 0 amide bonds. The van der Waals surface area contributed by atoms with Gasteiger partial charge >= 0.3 is 0 Å². The Hall–Kier alpha value is -2.60. The summed E-state index contributed by atoms with van der Waals surface area (Å²) in [5, 5.41) is 21.3. The third kappa shape index (κ3) is 3.88. The molecule has 6 nitrogen and oxygen atoms in total. The highest BCUT2D eigenvalue weighted by molar-refractivity contribution is 5.58. The van der Waals surface area contributed by atoms with Gasteiger partial charge in [0.2, 0.25) is 0 Å². The highest BCUT2D eigenvalue weighted by Gasteiger charge is 2.26. The second kappa shape index (κ2) is 8.64. The maximum absolute atomic E-state index is 10.7. The minimum absolute atomic E-state index is 0.246. The molecule has 30 heavy (non-hydrogen) atoms. The van der Waals surface area contributed by atoms with Crippen LogP contribution in [0.25, 0.3) is 0 Å². The summed E-state index contributed by atoms with van der Waals surface area (Å²) in [4.78, 5) is 4.84. The summed E-state index contributed by atoms with van der Waals surface area (Å²) >= 11 is 0. The van der Waals surface area contributed by atoms with E-state index in [2.05, 4.69) is 35.8 Å². The lowest BCUT2D eigenvalue weighted by Gasteiger charge is -2.36. The Morgan fingerprint density at radius 2 is 1.47 bits per heavy atom. The van der Waals surface area contributed by atoms with Gasteiger partial charge in [0.1, 0.15) is 5.75 Å². The van der Waals surface area contributed by atoms with E-state index in [9.17, 15) is 10.2 Å². The van der Waals surface area contributed by atoms with Gasteiger partial charge in [-0.05, 0) is 51.8 Å². The van der Waals surface area contributed by atoms with Crippen molar-refractivity contribution in [3.05, 3.63) is 46.5 Å². The van der Waals surface area contributed by atoms with Crippen molar-refractivity contribution in [1.82, 2.24) is 9.47 Å². The first-order chi connectivity index (χ1) is 14.5. The van der Waals surface area contributed by atoms with Crippen LogP contribution in [0.1, 0.15) is 31.4 Å². The Morgan fingerprint density at radius 3 is 2.07 bits per heavy atom. The maximum Gasteiger partial charge on any atom is 0.197 e. The average Bonchev–Trinajstić information content (AvgIpc) is 2.99. The fourth-order valence-corrected chi connectivity index (χ4v) is 4.67. The fourth-order valence-electron chi connectivity index (χ4n) is 4.67. The van der Waals surface area contributed by atoms with Crippen LogP contribution in [0, 0.1) is 0 Å². The number of ether oxygens (including phenoxy) is 1. The number of methoxy groups -OCH3 is 1. The zero-order valence-corrected chi connectivity index (χ0v) is 18.3. The number of hydrogen-bond donors (Lipinski definition) is 2. The lowest BCUT2D eigenvalue weighted by atomic mass is 9.90. The van der Waals surface area contributed by atoms with E-state index in [1.54, 1.807) is 11.7 Å². The highest BCUT2D eigenvalue weighted by atomic mass is 16.5. The van der Waals surface area contributed by atoms with Crippen molar-refractivity contribution in [2.45, 2.75) is 39.7 Å². The molecule has 2 heterocycles. The first-order valence-electron chi connectivity index (χ1n) is 10.9. The smallest absolute Gasteiger partial charge is 0.197 e. The van der Waals surface area contributed by atoms with Gasteiger partial charge in [0, 0.05) is 43.9 Å². The molecule has 1 aliphatic carbocycles. The Balaban J connectivity index is 1.31. The number of rotatable bonds is 6. The van der Waals surface area contributed by atoms with Crippen LogP contribution in [0.15, 0.2) is 35.4 Å². The molecule has 2 aromatic rings. The number of anilines is 1. The second-order valence-corrected chi connectivity index (χ2v) is 8.52. The molecule has 0 bridgehead atoms. The molecule has 0 atom stereocenters. The molecule has 1 aromatic carbocycles. The molecular formula is C24H33N3O3. The maximum atomic E-state index is 10.7. The summed E-state index contributed by atoms with van der Waals surface area (Å²) in [7, 11) is 1.72. The standard InChI is InChI=1S/C24H33N3O3/c1-17-15-19-20(16-18(17)2)24(29)27(23(19)28)10-6-9-25-11-13-26(14-12-25)21-7-4-5-8-22(21)30-3/h4-5,7-8,28-29H,6,9-16H2,1-3H3. The summed E-state index contributed by atoms with van der Waals surface area (Å²) in [6.45, 7) is 9.75. The van der Waals surface area contributed by atoms with E-state index in [0.717, 1.165) is 74.6 Å². The van der Waals surface area contributed by atoms with E-state index < -0.39 is 0 Å². The number of aromatic nitrogens is 1. The number of fused-ring (bicyclic) bond motifs is 1. The first kappa shape index (κ1) is 20.7. The van der Waals surface area contributed by atoms with Gasteiger partial charge in [0.05, 0.1) is 12.8 Å². The first-order valence-corrected chi connectivity index (χ1v) is 10.9. The van der Waals surface area contributed by atoms with E-state index in [-0.39, 0.29) is 11.8 Å². The predicted molar refractivity (Wildman–Crippen MR) is 120 cm³/mol. The molecule has 0 saturated carbocycles. The summed E-state index contributed by atoms with van der Waals surface area (Å²) in [6, 6.07) is 8.18. The number of hydrogen-bond acceptors (Lipinski definition) is 5. The number of para-hydroxylation sites is 2. The molecule has 162 valence electrons. The van der Waals surface area contributed by atoms with Crippen molar-refractivity contribution in [2.24, 2.45) is 0 Å². The Labute approximate surface area is 179 Å². The number of allylic oxidation sites excluding steroid dienone is 2. The van der Waals surface area contributed by atoms with Gasteiger partial charge in [-0.3, -0.25) is 9.47 Å². The van der Waals surface area contributed by atoms with Crippen molar-refractivity contribution >= 4 is 5.69 Å². The van der Waals surface area contributed by atoms with Crippen molar-refractivity contribution < 1.29 is 14.9 Å². The molecule has 1 aromatic heterocycles. The summed E-state index contributed by atoms with van der Waals surface area (Å²) in [5.41, 5.74) is 5.55. The van der Waals surface area contributed by atoms with Crippen LogP contribution in [-0.2, 0) is 19.4 Å². The van der Waals surface area contributed by atoms with Crippen LogP contribution < -0.4 is 9.64 Å². The molecule has 0 radical (unpaired) electrons. The number of aromatic hydroxyl groups is 2. The Morgan fingerprint density at radius 1 is 0.867 bits per heavy atom. The van der Waals surface area contributed by atoms with Crippen molar-refractivity contribution in [3.63, 3.8) is 0 Å². The summed E-state index contributed by atoms with van der Waals surface area (Å²) in [5.74, 6) is 1.42. The van der Waals surface area contributed by atoms with Crippen LogP contribution in [0.5, 0.6) is 17.5 Å². The highest BCUT2D eigenvalue weighted by Crippen LogP contribution is 2.40. The largest absolute Gasteiger partial charge is 0.495 e. The molecule has 6 heteroatoms. The van der Waals surface area contributed by atoms with E-state index in [0.29, 0.717) is 6.54 Å². The van der Waals surface area contributed by atoms with Crippen molar-refractivity contribution in [2.75, 3.05) is 44.7 Å². The fraction of sp³-hybridized carbons (Fsp3) is 0.500. The lowest BCUT2D eigenvalue weighted by Crippen LogP contribution is -2.46. The molecule has 1 fully saturated rings. The molecule has 1 aliphatic heterocycles. The van der Waals surface area contributed by atoms with E-state index in [1.165, 1.54) is 11.1 Å². The van der Waals surface area contributed by atoms with Gasteiger partial charge in [-0.15, -0.1) is 0 Å². The van der Waals surface area contributed by atoms with Crippen molar-refractivity contribution in [3.8, 4) is 17.5 Å². The van der Waals surface area contributed by atoms with E-state index >= 15 is 0 Å². The normalized spacial score (nSPS) is 17.4. The van der Waals surface area contributed by atoms with E-state index in [4.69, 9.17) is 4.74 Å². The molecule has 2 N–H and O–H groups in total. The van der Waals surface area contributed by atoms with Gasteiger partial charge in [-0.25, -0.2) is 0 Å². The minimum Gasteiger partial charge on any atom is -0.495 e. The summed E-state index contributed by atoms with van der Waals surface area (Å²) < 4.78 is 7.20. The quantitative estimate of drug-likeness (QED) is 0.712. The third-order valence-electron chi connectivity index (χ3n) is 6.68. The number of nitrogens with zero attached hydrogens (tertiary/aromatic N) is 3. The topological polar surface area (TPSA) is 61.1 Å². The Bertz CT molecular complexity index is 902. The summed E-state index contributed by atoms with van der Waals surface area (Å²) in [6.07, 6.45) is 2.37. The van der Waals surface area contributed by atoms with Gasteiger partial charge in [-0.2, -0.15) is 0 Å². The molecule has 1 saturated heterocycles. The SMILES string of the molecule is COc1ccccc1N1CCN(CCCn2c(O)c3c(c2O)CC(C)=C(C)C3)CC1. The molecule has 4 rings (SSSR count). The van der Waals surface area contributed by atoms with Crippen LogP contribution >= 0.6 is 0 Å². The van der Waals surface area contributed by atoms with Crippen LogP contribution in [0.4, 0.5) is 5.69 Å². The van der Waals surface area contributed by atoms with Gasteiger partial charge in [0.15, 0.2) is 11.8 Å². The number of piperazine rings is 1. The number of benzene rings is 1. The van der Waals surface area contributed by atoms with E-state index in [1.807, 2.05) is 12.1 Å². The third-order valence-corrected chi connectivity index (χ3v) is 6.68. The van der Waals surface area contributed by atoms with Gasteiger partial charge < -0.3 is 19.8 Å². The van der Waals surface area contributed by atoms with Crippen LogP contribution in [0.3, 0.4) is 0 Å². The molecule has 2 aliphatic rings. The molecule has 0 unspecified atom stereocenters. The van der Waals surface area contributed by atoms with Crippen LogP contribution in [-0.4, -0.2) is 59.5 Å². The zero-order chi connectivity index (χ0) is 21.3. The monoisotopic (exact) mass is 411 g/mol. The second-order valence-electron chi connectivity index (χ2n) is 8.52. The zero-order valence-electron chi connectivity index (χ0n) is 18.3. The van der Waals surface area contributed by atoms with Crippen LogP contribution in [0.2, 0.25) is 0 Å². The Kier molecular flexibility index (Phi) is 5.95. The van der Waals surface area contributed by atoms with Gasteiger partial charge in [0.25, 0.3) is 0 Å². The molecular weight excluding hydrogens is 378 g/mol. The average molecular weight is 412 g/mol. The van der Waals surface area contributed by atoms with Crippen molar-refractivity contribution in [1.29, 1.82) is 0 Å².